The summed E-state index contributed by atoms with van der Waals surface area (Å²) in [6.45, 7) is 5.61. The molecule has 0 aromatic rings. The van der Waals surface area contributed by atoms with Crippen molar-refractivity contribution in [1.82, 2.24) is 0 Å². The Morgan fingerprint density at radius 1 is 0.957 bits per heavy atom. The van der Waals surface area contributed by atoms with Crippen molar-refractivity contribution in [2.45, 2.75) is 71.3 Å². The normalized spacial score (nSPS) is 51.9. The Kier molecular flexibility index (Phi) is 4.13. The van der Waals surface area contributed by atoms with Crippen molar-refractivity contribution in [2.24, 2.45) is 34.5 Å². The lowest BCUT2D eigenvalue weighted by Crippen LogP contribution is -2.53. The van der Waals surface area contributed by atoms with Crippen LogP contribution in [0.25, 0.3) is 0 Å². The first-order valence-corrected chi connectivity index (χ1v) is 9.87. The number of hydrogen-bond donors (Lipinski definition) is 0. The van der Waals surface area contributed by atoms with Crippen molar-refractivity contribution in [3.05, 3.63) is 12.2 Å². The Balaban J connectivity index is 1.57. The third-order valence-electron chi connectivity index (χ3n) is 8.46. The van der Waals surface area contributed by atoms with Crippen LogP contribution < -0.4 is 0 Å². The SMILES string of the molecule is COCO[C@H]1CC[C@H]2[C@@H]3CCC4C=CCC[C@]4(C)[C@H]3CC[C@]12C. The van der Waals surface area contributed by atoms with Crippen molar-refractivity contribution in [3.8, 4) is 0 Å². The van der Waals surface area contributed by atoms with Gasteiger partial charge in [-0.1, -0.05) is 26.0 Å². The molecule has 4 rings (SSSR count). The van der Waals surface area contributed by atoms with E-state index in [9.17, 15) is 0 Å². The van der Waals surface area contributed by atoms with Crippen LogP contribution in [0.15, 0.2) is 12.2 Å². The van der Waals surface area contributed by atoms with E-state index in [0.29, 0.717) is 23.7 Å². The van der Waals surface area contributed by atoms with Crippen LogP contribution in [0.1, 0.15) is 65.2 Å². The molecule has 2 nitrogen and oxygen atoms in total. The van der Waals surface area contributed by atoms with E-state index in [0.717, 1.165) is 23.7 Å². The summed E-state index contributed by atoms with van der Waals surface area (Å²) in [5, 5.41) is 0. The standard InChI is InChI=1S/C21H34O2/c1-20-12-5-4-6-15(20)7-8-16-17-9-10-19(23-14-22-3)21(17,2)13-11-18(16)20/h4,6,15-19H,5,7-14H2,1-3H3/t15?,16-,17-,18-,19-,20-,21-/m0/s1. The first-order valence-electron chi connectivity index (χ1n) is 9.87. The zero-order chi connectivity index (χ0) is 16.1. The topological polar surface area (TPSA) is 18.5 Å². The molecular formula is C21H34O2. The summed E-state index contributed by atoms with van der Waals surface area (Å²) in [5.74, 6) is 3.62. The molecule has 4 aliphatic carbocycles. The Bertz CT molecular complexity index is 472. The van der Waals surface area contributed by atoms with Gasteiger partial charge in [0.15, 0.2) is 0 Å². The van der Waals surface area contributed by atoms with Gasteiger partial charge in [-0.2, -0.15) is 0 Å². The minimum Gasteiger partial charge on any atom is -0.359 e. The van der Waals surface area contributed by atoms with Crippen LogP contribution in [0.2, 0.25) is 0 Å². The molecule has 7 atom stereocenters. The van der Waals surface area contributed by atoms with E-state index in [-0.39, 0.29) is 0 Å². The van der Waals surface area contributed by atoms with Crippen LogP contribution in [0.3, 0.4) is 0 Å². The lowest BCUT2D eigenvalue weighted by atomic mass is 9.46. The first kappa shape index (κ1) is 16.1. The number of fused-ring (bicyclic) bond motifs is 5. The highest BCUT2D eigenvalue weighted by Crippen LogP contribution is 2.65. The average molecular weight is 319 g/mol. The van der Waals surface area contributed by atoms with Gasteiger partial charge >= 0.3 is 0 Å². The molecule has 1 unspecified atom stereocenters. The molecule has 2 heteroatoms. The van der Waals surface area contributed by atoms with Crippen LogP contribution in [-0.4, -0.2) is 20.0 Å². The van der Waals surface area contributed by atoms with Gasteiger partial charge in [-0.3, -0.25) is 0 Å². The van der Waals surface area contributed by atoms with Crippen LogP contribution in [0.5, 0.6) is 0 Å². The Labute approximate surface area is 142 Å². The lowest BCUT2D eigenvalue weighted by molar-refractivity contribution is -0.147. The van der Waals surface area contributed by atoms with Crippen LogP contribution >= 0.6 is 0 Å². The van der Waals surface area contributed by atoms with Crippen molar-refractivity contribution in [1.29, 1.82) is 0 Å². The summed E-state index contributed by atoms with van der Waals surface area (Å²) in [4.78, 5) is 0. The second-order valence-corrected chi connectivity index (χ2v) is 9.22. The molecule has 23 heavy (non-hydrogen) atoms. The van der Waals surface area contributed by atoms with E-state index < -0.39 is 0 Å². The second-order valence-electron chi connectivity index (χ2n) is 9.22. The number of ether oxygens (including phenoxy) is 2. The van der Waals surface area contributed by atoms with E-state index in [1.807, 2.05) is 0 Å². The first-order chi connectivity index (χ1) is 11.1. The summed E-state index contributed by atoms with van der Waals surface area (Å²) in [6.07, 6.45) is 16.4. The van der Waals surface area contributed by atoms with Crippen molar-refractivity contribution in [3.63, 3.8) is 0 Å². The molecule has 4 aliphatic rings. The summed E-state index contributed by atoms with van der Waals surface area (Å²) < 4.78 is 11.3. The molecule has 3 saturated carbocycles. The molecule has 0 heterocycles. The fourth-order valence-corrected chi connectivity index (χ4v) is 7.20. The molecule has 0 aromatic heterocycles. The summed E-state index contributed by atoms with van der Waals surface area (Å²) in [5.41, 5.74) is 0.970. The fourth-order valence-electron chi connectivity index (χ4n) is 7.20. The van der Waals surface area contributed by atoms with Gasteiger partial charge in [0.1, 0.15) is 6.79 Å². The molecule has 0 bridgehead atoms. The van der Waals surface area contributed by atoms with Gasteiger partial charge in [0, 0.05) is 7.11 Å². The minimum absolute atomic E-state index is 0.396. The highest BCUT2D eigenvalue weighted by Gasteiger charge is 2.59. The Morgan fingerprint density at radius 3 is 2.61 bits per heavy atom. The van der Waals surface area contributed by atoms with Crippen LogP contribution in [0, 0.1) is 34.5 Å². The third-order valence-corrected chi connectivity index (χ3v) is 8.46. The fraction of sp³-hybridized carbons (Fsp3) is 0.905. The van der Waals surface area contributed by atoms with E-state index >= 15 is 0 Å². The predicted octanol–water partition coefficient (Wildman–Crippen LogP) is 5.18. The zero-order valence-electron chi connectivity index (χ0n) is 15.2. The summed E-state index contributed by atoms with van der Waals surface area (Å²) in [6, 6.07) is 0. The van der Waals surface area contributed by atoms with Gasteiger partial charge < -0.3 is 9.47 Å². The van der Waals surface area contributed by atoms with Gasteiger partial charge in [0.05, 0.1) is 6.10 Å². The largest absolute Gasteiger partial charge is 0.359 e. The van der Waals surface area contributed by atoms with Gasteiger partial charge in [0.2, 0.25) is 0 Å². The molecule has 0 N–H and O–H groups in total. The molecular weight excluding hydrogens is 284 g/mol. The molecule has 0 radical (unpaired) electrons. The van der Waals surface area contributed by atoms with Crippen molar-refractivity contribution in [2.75, 3.05) is 13.9 Å². The van der Waals surface area contributed by atoms with Gasteiger partial charge in [-0.05, 0) is 85.9 Å². The van der Waals surface area contributed by atoms with Gasteiger partial charge in [-0.15, -0.1) is 0 Å². The van der Waals surface area contributed by atoms with E-state index in [2.05, 4.69) is 26.0 Å². The van der Waals surface area contributed by atoms with Crippen LogP contribution in [0.4, 0.5) is 0 Å². The van der Waals surface area contributed by atoms with Gasteiger partial charge in [0.25, 0.3) is 0 Å². The monoisotopic (exact) mass is 318 g/mol. The second kappa shape index (κ2) is 5.88. The maximum atomic E-state index is 6.10. The Hall–Kier alpha value is -0.340. The molecule has 0 spiro atoms. The molecule has 0 amide bonds. The third kappa shape index (κ3) is 2.35. The molecule has 0 aliphatic heterocycles. The minimum atomic E-state index is 0.396. The maximum Gasteiger partial charge on any atom is 0.146 e. The summed E-state index contributed by atoms with van der Waals surface area (Å²) >= 11 is 0. The maximum absolute atomic E-state index is 6.10. The number of rotatable bonds is 3. The molecule has 130 valence electrons. The predicted molar refractivity (Wildman–Crippen MR) is 93.0 cm³/mol. The van der Waals surface area contributed by atoms with E-state index in [4.69, 9.17) is 9.47 Å². The number of hydrogen-bond acceptors (Lipinski definition) is 2. The quantitative estimate of drug-likeness (QED) is 0.527. The van der Waals surface area contributed by atoms with Crippen molar-refractivity contribution < 1.29 is 9.47 Å². The number of methoxy groups -OCH3 is 1. The summed E-state index contributed by atoms with van der Waals surface area (Å²) in [7, 11) is 1.74. The Morgan fingerprint density at radius 2 is 1.78 bits per heavy atom. The van der Waals surface area contributed by atoms with E-state index in [1.165, 1.54) is 51.4 Å². The average Bonchev–Trinajstić information content (AvgIpc) is 2.89. The van der Waals surface area contributed by atoms with Gasteiger partial charge in [-0.25, -0.2) is 0 Å². The smallest absolute Gasteiger partial charge is 0.146 e. The molecule has 0 saturated heterocycles. The highest BCUT2D eigenvalue weighted by molar-refractivity contribution is 5.13. The van der Waals surface area contributed by atoms with Crippen molar-refractivity contribution >= 4 is 0 Å². The van der Waals surface area contributed by atoms with Crippen LogP contribution in [-0.2, 0) is 9.47 Å². The van der Waals surface area contributed by atoms with E-state index in [1.54, 1.807) is 7.11 Å². The zero-order valence-corrected chi connectivity index (χ0v) is 15.2. The molecule has 3 fully saturated rings. The lowest BCUT2D eigenvalue weighted by Gasteiger charge is -2.59. The number of allylic oxidation sites excluding steroid dienone is 2. The highest BCUT2D eigenvalue weighted by atomic mass is 16.7. The molecule has 0 aromatic carbocycles.